The summed E-state index contributed by atoms with van der Waals surface area (Å²) < 4.78 is 4.14. The molecule has 0 radical (unpaired) electrons. The maximum atomic E-state index is 10.7. The molecule has 8 rings (SSSR count). The van der Waals surface area contributed by atoms with Crippen LogP contribution in [0.4, 0.5) is 11.4 Å². The summed E-state index contributed by atoms with van der Waals surface area (Å²) in [6.45, 7) is 19.1. The quantitative estimate of drug-likeness (QED) is 0.192. The monoisotopic (exact) mass is 590 g/mol. The zero-order chi connectivity index (χ0) is 31.5. The van der Waals surface area contributed by atoms with Crippen LogP contribution in [0.25, 0.3) is 76.1 Å². The van der Waals surface area contributed by atoms with Gasteiger partial charge in [0.25, 0.3) is 0 Å². The average Bonchev–Trinajstić information content (AvgIpc) is 3.59. The highest BCUT2D eigenvalue weighted by Gasteiger charge is 2.23. The Labute approximate surface area is 263 Å². The first-order valence-corrected chi connectivity index (χ1v) is 14.6. The molecule has 8 heteroatoms. The van der Waals surface area contributed by atoms with Gasteiger partial charge in [-0.05, 0) is 50.2 Å². The van der Waals surface area contributed by atoms with Crippen molar-refractivity contribution < 1.29 is 0 Å². The molecule has 0 fully saturated rings. The second kappa shape index (κ2) is 10.1. The molecule has 0 aliphatic heterocycles. The van der Waals surface area contributed by atoms with E-state index in [1.807, 2.05) is 98.8 Å². The van der Waals surface area contributed by atoms with Crippen LogP contribution in [-0.4, -0.2) is 24.1 Å². The summed E-state index contributed by atoms with van der Waals surface area (Å²) in [5, 5.41) is 14.8. The molecule has 5 aromatic carbocycles. The number of rotatable bonds is 3. The number of para-hydroxylation sites is 2. The minimum atomic E-state index is 0.435. The van der Waals surface area contributed by atoms with Crippen molar-refractivity contribution >= 4 is 55.0 Å². The molecule has 0 saturated carbocycles. The maximum Gasteiger partial charge on any atom is 0.189 e. The van der Waals surface area contributed by atoms with Gasteiger partial charge in [0.1, 0.15) is 17.7 Å². The fourth-order valence-electron chi connectivity index (χ4n) is 6.53. The van der Waals surface area contributed by atoms with E-state index >= 15 is 0 Å². The minimum Gasteiger partial charge on any atom is -0.310 e. The Morgan fingerprint density at radius 3 is 1.61 bits per heavy atom. The van der Waals surface area contributed by atoms with Crippen molar-refractivity contribution in [1.29, 1.82) is 5.26 Å². The predicted molar refractivity (Wildman–Crippen MR) is 181 cm³/mol. The smallest absolute Gasteiger partial charge is 0.189 e. The molecule has 214 valence electrons. The van der Waals surface area contributed by atoms with Gasteiger partial charge in [-0.15, -0.1) is 0 Å². The van der Waals surface area contributed by atoms with Crippen molar-refractivity contribution in [2.45, 2.75) is 13.8 Å². The standard InChI is InChI=1S/C38H22N8/c1-22-42-23(2)44-38(43-22)31-20-34(45-32-11-7-5-9-27(32)29-15-13-25(40-3)18-36(29)45)24(21-39)17-35(31)46-33-12-8-6-10-28(33)30-16-14-26(41-4)19-37(30)46/h5-20H,1-2H3. The van der Waals surface area contributed by atoms with Gasteiger partial charge in [0.05, 0.1) is 41.1 Å². The fraction of sp³-hybridized carbons (Fsp3) is 0.0526. The number of aryl methyl sites for hydroxylation is 2. The molecule has 46 heavy (non-hydrogen) atoms. The van der Waals surface area contributed by atoms with Gasteiger partial charge in [-0.1, -0.05) is 60.7 Å². The summed E-state index contributed by atoms with van der Waals surface area (Å²) in [7, 11) is 0. The number of benzene rings is 5. The summed E-state index contributed by atoms with van der Waals surface area (Å²) in [6.07, 6.45) is 0. The molecule has 0 amide bonds. The van der Waals surface area contributed by atoms with Gasteiger partial charge in [-0.2, -0.15) is 5.26 Å². The SMILES string of the molecule is [C-]#[N+]c1ccc2c3ccccc3n(-c3cc(-c4nc(C)nc(C)n4)c(-n4c5ccccc5c5ccc([N+]#[C-])cc54)cc3C#N)c2c1. The van der Waals surface area contributed by atoms with Crippen LogP contribution in [0.2, 0.25) is 0 Å². The zero-order valence-electron chi connectivity index (χ0n) is 24.8. The van der Waals surface area contributed by atoms with E-state index in [9.17, 15) is 5.26 Å². The van der Waals surface area contributed by atoms with Crippen LogP contribution in [0.5, 0.6) is 0 Å². The Morgan fingerprint density at radius 1 is 0.587 bits per heavy atom. The lowest BCUT2D eigenvalue weighted by molar-refractivity contribution is 0.926. The third-order valence-electron chi connectivity index (χ3n) is 8.39. The van der Waals surface area contributed by atoms with Crippen LogP contribution in [0.15, 0.2) is 97.1 Å². The molecular formula is C38H22N8. The van der Waals surface area contributed by atoms with Gasteiger partial charge in [-0.3, -0.25) is 0 Å². The number of fused-ring (bicyclic) bond motifs is 6. The lowest BCUT2D eigenvalue weighted by Crippen LogP contribution is -2.06. The van der Waals surface area contributed by atoms with E-state index in [2.05, 4.69) is 42.0 Å². The number of hydrogen-bond donors (Lipinski definition) is 0. The van der Waals surface area contributed by atoms with E-state index in [1.54, 1.807) is 0 Å². The molecule has 3 aromatic heterocycles. The summed E-state index contributed by atoms with van der Waals surface area (Å²) in [5.41, 5.74) is 7.03. The second-order valence-corrected chi connectivity index (χ2v) is 11.1. The van der Waals surface area contributed by atoms with E-state index in [-0.39, 0.29) is 0 Å². The Morgan fingerprint density at radius 2 is 1.09 bits per heavy atom. The van der Waals surface area contributed by atoms with Crippen molar-refractivity contribution in [3.63, 3.8) is 0 Å². The second-order valence-electron chi connectivity index (χ2n) is 11.1. The Balaban J connectivity index is 1.56. The molecule has 0 N–H and O–H groups in total. The Bertz CT molecular complexity index is 2690. The zero-order valence-corrected chi connectivity index (χ0v) is 24.8. The van der Waals surface area contributed by atoms with Crippen molar-refractivity contribution in [1.82, 2.24) is 24.1 Å². The molecule has 3 heterocycles. The molecule has 0 atom stereocenters. The highest BCUT2D eigenvalue weighted by molar-refractivity contribution is 6.12. The predicted octanol–water partition coefficient (Wildman–Crippen LogP) is 9.32. The molecule has 0 spiro atoms. The lowest BCUT2D eigenvalue weighted by Gasteiger charge is -2.18. The Hall–Kier alpha value is -6.82. The van der Waals surface area contributed by atoms with Crippen molar-refractivity contribution in [2.75, 3.05) is 0 Å². The summed E-state index contributed by atoms with van der Waals surface area (Å²) in [6, 6.07) is 33.8. The molecule has 0 aliphatic rings. The molecule has 0 saturated heterocycles. The number of aromatic nitrogens is 5. The average molecular weight is 591 g/mol. The van der Waals surface area contributed by atoms with E-state index in [1.165, 1.54) is 0 Å². The minimum absolute atomic E-state index is 0.435. The van der Waals surface area contributed by atoms with Gasteiger partial charge in [0.2, 0.25) is 0 Å². The Kier molecular flexibility index (Phi) is 5.90. The van der Waals surface area contributed by atoms with Crippen molar-refractivity contribution in [3.05, 3.63) is 137 Å². The van der Waals surface area contributed by atoms with E-state index in [4.69, 9.17) is 23.1 Å². The maximum absolute atomic E-state index is 10.7. The highest BCUT2D eigenvalue weighted by atomic mass is 15.1. The van der Waals surface area contributed by atoms with Gasteiger partial charge in [0.15, 0.2) is 17.2 Å². The number of nitrogens with zero attached hydrogens (tertiary/aromatic N) is 8. The van der Waals surface area contributed by atoms with E-state index in [0.29, 0.717) is 51.3 Å². The van der Waals surface area contributed by atoms with E-state index in [0.717, 1.165) is 43.6 Å². The molecular weight excluding hydrogens is 568 g/mol. The first-order chi connectivity index (χ1) is 22.5. The van der Waals surface area contributed by atoms with Gasteiger partial charge >= 0.3 is 0 Å². The van der Waals surface area contributed by atoms with Gasteiger partial charge in [-0.25, -0.2) is 24.6 Å². The molecule has 0 aliphatic carbocycles. The van der Waals surface area contributed by atoms with Crippen LogP contribution >= 0.6 is 0 Å². The fourth-order valence-corrected chi connectivity index (χ4v) is 6.53. The van der Waals surface area contributed by atoms with Crippen LogP contribution in [0, 0.1) is 38.3 Å². The first kappa shape index (κ1) is 26.8. The molecule has 0 bridgehead atoms. The molecule has 8 nitrogen and oxygen atoms in total. The summed E-state index contributed by atoms with van der Waals surface area (Å²) >= 11 is 0. The topological polar surface area (TPSA) is 81.0 Å². The third kappa shape index (κ3) is 3.94. The normalized spacial score (nSPS) is 11.2. The largest absolute Gasteiger partial charge is 0.310 e. The van der Waals surface area contributed by atoms with Gasteiger partial charge in [0, 0.05) is 38.1 Å². The lowest BCUT2D eigenvalue weighted by atomic mass is 10.0. The molecule has 0 unspecified atom stereocenters. The van der Waals surface area contributed by atoms with Crippen LogP contribution < -0.4 is 0 Å². The highest BCUT2D eigenvalue weighted by Crippen LogP contribution is 2.41. The van der Waals surface area contributed by atoms with E-state index < -0.39 is 0 Å². The summed E-state index contributed by atoms with van der Waals surface area (Å²) in [5.74, 6) is 1.63. The number of nitriles is 1. The van der Waals surface area contributed by atoms with Crippen molar-refractivity contribution in [3.8, 4) is 28.8 Å². The third-order valence-corrected chi connectivity index (χ3v) is 8.39. The number of hydrogen-bond acceptors (Lipinski definition) is 4. The van der Waals surface area contributed by atoms with Crippen molar-refractivity contribution in [2.24, 2.45) is 0 Å². The van der Waals surface area contributed by atoms with Crippen LogP contribution in [0.1, 0.15) is 17.2 Å². The van der Waals surface area contributed by atoms with Crippen LogP contribution in [0.3, 0.4) is 0 Å². The van der Waals surface area contributed by atoms with Crippen LogP contribution in [-0.2, 0) is 0 Å². The van der Waals surface area contributed by atoms with Gasteiger partial charge < -0.3 is 9.13 Å². The first-order valence-electron chi connectivity index (χ1n) is 14.6. The summed E-state index contributed by atoms with van der Waals surface area (Å²) in [4.78, 5) is 21.4. The molecule has 8 aromatic rings.